The van der Waals surface area contributed by atoms with Crippen LogP contribution in [-0.2, 0) is 4.74 Å². The van der Waals surface area contributed by atoms with Gasteiger partial charge in [0.05, 0.1) is 6.61 Å². The summed E-state index contributed by atoms with van der Waals surface area (Å²) >= 11 is 0. The fourth-order valence-corrected chi connectivity index (χ4v) is 2.18. The van der Waals surface area contributed by atoms with E-state index in [1.807, 2.05) is 37.3 Å². The Labute approximate surface area is 120 Å². The largest absolute Gasteiger partial charge is 0.492 e. The number of benzene rings is 1. The predicted molar refractivity (Wildman–Crippen MR) is 77.0 cm³/mol. The maximum atomic E-state index is 11.6. The van der Waals surface area contributed by atoms with Crippen LogP contribution in [0.2, 0.25) is 0 Å². The highest BCUT2D eigenvalue weighted by Gasteiger charge is 2.21. The van der Waals surface area contributed by atoms with Crippen molar-refractivity contribution >= 4 is 6.09 Å². The van der Waals surface area contributed by atoms with Crippen molar-refractivity contribution in [1.82, 2.24) is 9.80 Å². The summed E-state index contributed by atoms with van der Waals surface area (Å²) in [7, 11) is 0. The lowest BCUT2D eigenvalue weighted by Crippen LogP contribution is -2.49. The van der Waals surface area contributed by atoms with Gasteiger partial charge in [-0.2, -0.15) is 0 Å². The van der Waals surface area contributed by atoms with Crippen molar-refractivity contribution < 1.29 is 14.3 Å². The van der Waals surface area contributed by atoms with Crippen molar-refractivity contribution in [3.05, 3.63) is 30.3 Å². The van der Waals surface area contributed by atoms with Gasteiger partial charge in [-0.25, -0.2) is 4.79 Å². The fourth-order valence-electron chi connectivity index (χ4n) is 2.18. The Bertz CT molecular complexity index is 403. The second-order valence-corrected chi connectivity index (χ2v) is 4.69. The van der Waals surface area contributed by atoms with Crippen LogP contribution in [0.1, 0.15) is 6.92 Å². The lowest BCUT2D eigenvalue weighted by atomic mass is 10.3. The van der Waals surface area contributed by atoms with Gasteiger partial charge >= 0.3 is 6.09 Å². The lowest BCUT2D eigenvalue weighted by Gasteiger charge is -2.33. The zero-order valence-electron chi connectivity index (χ0n) is 12.0. The van der Waals surface area contributed by atoms with E-state index in [2.05, 4.69) is 4.90 Å². The number of carbonyl (C=O) groups excluding carboxylic acids is 1. The first-order valence-electron chi connectivity index (χ1n) is 7.11. The van der Waals surface area contributed by atoms with E-state index >= 15 is 0 Å². The van der Waals surface area contributed by atoms with Crippen molar-refractivity contribution in [2.75, 3.05) is 45.9 Å². The van der Waals surface area contributed by atoms with Crippen molar-refractivity contribution in [2.45, 2.75) is 6.92 Å². The SMILES string of the molecule is CCOC(=O)N1CCN(CCOc2ccccc2)CC1. The molecule has 1 saturated heterocycles. The molecule has 0 aromatic heterocycles. The van der Waals surface area contributed by atoms with E-state index in [1.54, 1.807) is 4.90 Å². The summed E-state index contributed by atoms with van der Waals surface area (Å²) in [6.07, 6.45) is -0.201. The minimum atomic E-state index is -0.201. The van der Waals surface area contributed by atoms with E-state index < -0.39 is 0 Å². The fraction of sp³-hybridized carbons (Fsp3) is 0.533. The molecule has 0 aliphatic carbocycles. The molecule has 0 unspecified atom stereocenters. The lowest BCUT2D eigenvalue weighted by molar-refractivity contribution is 0.0757. The van der Waals surface area contributed by atoms with Gasteiger partial charge in [-0.15, -0.1) is 0 Å². The first-order chi connectivity index (χ1) is 9.79. The summed E-state index contributed by atoms with van der Waals surface area (Å²) in [6.45, 7) is 7.01. The van der Waals surface area contributed by atoms with Crippen LogP contribution in [0.3, 0.4) is 0 Å². The average Bonchev–Trinajstić information content (AvgIpc) is 2.49. The van der Waals surface area contributed by atoms with Crippen LogP contribution in [0, 0.1) is 0 Å². The number of ether oxygens (including phenoxy) is 2. The number of nitrogens with zero attached hydrogens (tertiary/aromatic N) is 2. The summed E-state index contributed by atoms with van der Waals surface area (Å²) < 4.78 is 10.7. The molecule has 0 radical (unpaired) electrons. The van der Waals surface area contributed by atoms with Gasteiger partial charge in [-0.3, -0.25) is 4.90 Å². The second-order valence-electron chi connectivity index (χ2n) is 4.69. The number of para-hydroxylation sites is 1. The molecular formula is C15H22N2O3. The summed E-state index contributed by atoms with van der Waals surface area (Å²) in [5.41, 5.74) is 0. The number of carbonyl (C=O) groups is 1. The number of hydrogen-bond donors (Lipinski definition) is 0. The van der Waals surface area contributed by atoms with Gasteiger partial charge < -0.3 is 14.4 Å². The average molecular weight is 278 g/mol. The maximum absolute atomic E-state index is 11.6. The van der Waals surface area contributed by atoms with Gasteiger partial charge in [0.2, 0.25) is 0 Å². The van der Waals surface area contributed by atoms with E-state index in [1.165, 1.54) is 0 Å². The smallest absolute Gasteiger partial charge is 0.409 e. The summed E-state index contributed by atoms with van der Waals surface area (Å²) in [5.74, 6) is 0.901. The summed E-state index contributed by atoms with van der Waals surface area (Å²) in [6, 6.07) is 9.82. The Morgan fingerprint density at radius 3 is 2.50 bits per heavy atom. The first-order valence-corrected chi connectivity index (χ1v) is 7.11. The second kappa shape index (κ2) is 7.75. The van der Waals surface area contributed by atoms with Crippen LogP contribution in [-0.4, -0.2) is 61.8 Å². The standard InChI is InChI=1S/C15H22N2O3/c1-2-19-15(18)17-10-8-16(9-11-17)12-13-20-14-6-4-3-5-7-14/h3-7H,2,8-13H2,1H3. The third-order valence-electron chi connectivity index (χ3n) is 3.32. The highest BCUT2D eigenvalue weighted by atomic mass is 16.6. The molecule has 1 aromatic carbocycles. The molecule has 0 N–H and O–H groups in total. The van der Waals surface area contributed by atoms with Crippen molar-refractivity contribution in [1.29, 1.82) is 0 Å². The number of rotatable bonds is 5. The molecule has 0 bridgehead atoms. The molecule has 0 atom stereocenters. The summed E-state index contributed by atoms with van der Waals surface area (Å²) in [5, 5.41) is 0. The third kappa shape index (κ3) is 4.42. The van der Waals surface area contributed by atoms with Gasteiger partial charge in [-0.05, 0) is 19.1 Å². The van der Waals surface area contributed by atoms with Crippen LogP contribution < -0.4 is 4.74 Å². The molecule has 1 amide bonds. The molecule has 5 heteroatoms. The van der Waals surface area contributed by atoms with Crippen LogP contribution in [0.15, 0.2) is 30.3 Å². The minimum absolute atomic E-state index is 0.201. The molecule has 5 nitrogen and oxygen atoms in total. The van der Waals surface area contributed by atoms with Crippen LogP contribution >= 0.6 is 0 Å². The topological polar surface area (TPSA) is 42.0 Å². The molecule has 1 heterocycles. The Hall–Kier alpha value is -1.75. The van der Waals surface area contributed by atoms with Crippen molar-refractivity contribution in [3.63, 3.8) is 0 Å². The van der Waals surface area contributed by atoms with Crippen LogP contribution in [0.5, 0.6) is 5.75 Å². The van der Waals surface area contributed by atoms with E-state index in [0.29, 0.717) is 13.2 Å². The van der Waals surface area contributed by atoms with Gasteiger partial charge in [0.1, 0.15) is 12.4 Å². The molecule has 1 aromatic rings. The highest BCUT2D eigenvalue weighted by molar-refractivity contribution is 5.67. The zero-order valence-corrected chi connectivity index (χ0v) is 12.0. The van der Waals surface area contributed by atoms with E-state index in [0.717, 1.165) is 38.5 Å². The van der Waals surface area contributed by atoms with Gasteiger partial charge in [-0.1, -0.05) is 18.2 Å². The molecular weight excluding hydrogens is 256 g/mol. The molecule has 0 spiro atoms. The number of hydrogen-bond acceptors (Lipinski definition) is 4. The Balaban J connectivity index is 1.63. The van der Waals surface area contributed by atoms with E-state index in [4.69, 9.17) is 9.47 Å². The molecule has 1 aliphatic rings. The van der Waals surface area contributed by atoms with Gasteiger partial charge in [0.15, 0.2) is 0 Å². The highest BCUT2D eigenvalue weighted by Crippen LogP contribution is 2.09. The monoisotopic (exact) mass is 278 g/mol. The normalized spacial score (nSPS) is 15.9. The zero-order chi connectivity index (χ0) is 14.2. The molecule has 1 fully saturated rings. The van der Waals surface area contributed by atoms with Crippen LogP contribution in [0.4, 0.5) is 4.79 Å². The molecule has 0 saturated carbocycles. The molecule has 1 aliphatic heterocycles. The van der Waals surface area contributed by atoms with Gasteiger partial charge in [0, 0.05) is 32.7 Å². The Morgan fingerprint density at radius 1 is 1.15 bits per heavy atom. The molecule has 2 rings (SSSR count). The number of amides is 1. The molecule has 110 valence electrons. The molecule has 20 heavy (non-hydrogen) atoms. The van der Waals surface area contributed by atoms with Crippen molar-refractivity contribution in [3.8, 4) is 5.75 Å². The third-order valence-corrected chi connectivity index (χ3v) is 3.32. The quantitative estimate of drug-likeness (QED) is 0.824. The predicted octanol–water partition coefficient (Wildman–Crippen LogP) is 1.84. The summed E-state index contributed by atoms with van der Waals surface area (Å²) in [4.78, 5) is 15.6. The first kappa shape index (κ1) is 14.7. The van der Waals surface area contributed by atoms with Crippen LogP contribution in [0.25, 0.3) is 0 Å². The Kier molecular flexibility index (Phi) is 5.68. The van der Waals surface area contributed by atoms with Gasteiger partial charge in [0.25, 0.3) is 0 Å². The van der Waals surface area contributed by atoms with Crippen molar-refractivity contribution in [2.24, 2.45) is 0 Å². The Morgan fingerprint density at radius 2 is 1.85 bits per heavy atom. The maximum Gasteiger partial charge on any atom is 0.409 e. The van der Waals surface area contributed by atoms with E-state index in [9.17, 15) is 4.79 Å². The number of piperazine rings is 1. The minimum Gasteiger partial charge on any atom is -0.492 e. The van der Waals surface area contributed by atoms with E-state index in [-0.39, 0.29) is 6.09 Å².